The van der Waals surface area contributed by atoms with Crippen LogP contribution >= 0.6 is 0 Å². The van der Waals surface area contributed by atoms with Crippen LogP contribution in [0.3, 0.4) is 0 Å². The van der Waals surface area contributed by atoms with Gasteiger partial charge in [0.25, 0.3) is 5.91 Å². The van der Waals surface area contributed by atoms with Crippen LogP contribution in [0.5, 0.6) is 0 Å². The molecule has 0 spiro atoms. The Morgan fingerprint density at radius 1 is 1.50 bits per heavy atom. The topological polar surface area (TPSA) is 88.9 Å². The number of aromatic nitrogens is 5. The Balaban J connectivity index is 1.72. The summed E-state index contributed by atoms with van der Waals surface area (Å²) in [5, 5.41) is 9.42. The molecule has 0 saturated carbocycles. The number of amides is 1. The van der Waals surface area contributed by atoms with Crippen LogP contribution in [0.15, 0.2) is 12.7 Å². The Bertz CT molecular complexity index is 712. The number of hydrogen-bond acceptors (Lipinski definition) is 5. The Morgan fingerprint density at radius 3 is 2.92 bits per heavy atom. The molecule has 1 fully saturated rings. The van der Waals surface area contributed by atoms with Crippen molar-refractivity contribution in [1.82, 2.24) is 29.9 Å². The zero-order chi connectivity index (χ0) is 17.3. The minimum Gasteiger partial charge on any atom is -0.373 e. The predicted molar refractivity (Wildman–Crippen MR) is 74.0 cm³/mol. The van der Waals surface area contributed by atoms with E-state index in [0.717, 1.165) is 0 Å². The molecule has 0 aromatic carbocycles. The third kappa shape index (κ3) is 3.25. The molecule has 1 aliphatic heterocycles. The number of rotatable bonds is 3. The fourth-order valence-electron chi connectivity index (χ4n) is 2.58. The summed E-state index contributed by atoms with van der Waals surface area (Å²) in [5.74, 6) is -0.550. The van der Waals surface area contributed by atoms with E-state index in [0.29, 0.717) is 19.7 Å². The molecule has 3 heterocycles. The summed E-state index contributed by atoms with van der Waals surface area (Å²) >= 11 is 0. The quantitative estimate of drug-likeness (QED) is 0.892. The highest BCUT2D eigenvalue weighted by atomic mass is 19.4. The number of halogens is 3. The summed E-state index contributed by atoms with van der Waals surface area (Å²) in [7, 11) is 0. The maximum absolute atomic E-state index is 12.8. The van der Waals surface area contributed by atoms with Crippen LogP contribution in [0, 0.1) is 6.92 Å². The van der Waals surface area contributed by atoms with Crippen molar-refractivity contribution in [2.75, 3.05) is 19.7 Å². The highest BCUT2D eigenvalue weighted by molar-refractivity contribution is 5.94. The molecule has 2 aromatic heterocycles. The van der Waals surface area contributed by atoms with Gasteiger partial charge in [-0.1, -0.05) is 0 Å². The third-order valence-electron chi connectivity index (χ3n) is 3.78. The Hall–Kier alpha value is -2.43. The van der Waals surface area contributed by atoms with Crippen LogP contribution in [0.2, 0.25) is 0 Å². The summed E-state index contributed by atoms with van der Waals surface area (Å²) < 4.78 is 45.6. The summed E-state index contributed by atoms with van der Waals surface area (Å²) in [4.78, 5) is 17.8. The highest BCUT2D eigenvalue weighted by Gasteiger charge is 2.38. The molecule has 8 nitrogen and oxygen atoms in total. The zero-order valence-electron chi connectivity index (χ0n) is 12.7. The van der Waals surface area contributed by atoms with E-state index in [1.54, 1.807) is 4.68 Å². The highest BCUT2D eigenvalue weighted by Crippen LogP contribution is 2.31. The number of aromatic amines is 1. The van der Waals surface area contributed by atoms with E-state index in [2.05, 4.69) is 15.2 Å². The van der Waals surface area contributed by atoms with Gasteiger partial charge in [-0.3, -0.25) is 14.6 Å². The number of alkyl halides is 3. The van der Waals surface area contributed by atoms with E-state index in [1.165, 1.54) is 24.5 Å². The zero-order valence-corrected chi connectivity index (χ0v) is 12.7. The minimum atomic E-state index is -4.57. The van der Waals surface area contributed by atoms with Gasteiger partial charge in [0.15, 0.2) is 5.69 Å². The van der Waals surface area contributed by atoms with Gasteiger partial charge in [0.1, 0.15) is 18.3 Å². The van der Waals surface area contributed by atoms with Gasteiger partial charge in [-0.05, 0) is 6.92 Å². The molecule has 1 unspecified atom stereocenters. The van der Waals surface area contributed by atoms with Gasteiger partial charge in [-0.15, -0.1) is 0 Å². The molecule has 1 atom stereocenters. The van der Waals surface area contributed by atoms with Crippen molar-refractivity contribution in [3.8, 4) is 0 Å². The number of carbonyl (C=O) groups excluding carboxylic acids is 1. The van der Waals surface area contributed by atoms with E-state index in [1.807, 2.05) is 5.10 Å². The molecule has 1 aliphatic rings. The maximum Gasteiger partial charge on any atom is 0.433 e. The molecule has 1 N–H and O–H groups in total. The number of carbonyl (C=O) groups is 1. The molecule has 0 radical (unpaired) electrons. The van der Waals surface area contributed by atoms with Crippen molar-refractivity contribution in [1.29, 1.82) is 0 Å². The maximum atomic E-state index is 12.8. The molecule has 1 amide bonds. The van der Waals surface area contributed by atoms with Crippen LogP contribution < -0.4 is 0 Å². The first kappa shape index (κ1) is 16.4. The first-order valence-corrected chi connectivity index (χ1v) is 7.21. The Morgan fingerprint density at radius 2 is 2.29 bits per heavy atom. The van der Waals surface area contributed by atoms with Crippen molar-refractivity contribution < 1.29 is 22.7 Å². The molecule has 130 valence electrons. The van der Waals surface area contributed by atoms with Gasteiger partial charge in [0.2, 0.25) is 0 Å². The summed E-state index contributed by atoms with van der Waals surface area (Å²) in [6.45, 7) is 2.46. The first-order chi connectivity index (χ1) is 11.4. The Kier molecular flexibility index (Phi) is 4.26. The number of nitrogens with zero attached hydrogens (tertiary/aromatic N) is 5. The van der Waals surface area contributed by atoms with Crippen molar-refractivity contribution in [2.24, 2.45) is 0 Å². The third-order valence-corrected chi connectivity index (χ3v) is 3.78. The standard InChI is InChI=1S/C13H15F3N6O2/c1-8-10(19-20-11(8)13(14,15)16)12(23)21-2-3-24-9(4-21)5-22-7-17-6-18-22/h6-7,9H,2-5H2,1H3,(H,19,20). The second-order valence-corrected chi connectivity index (χ2v) is 5.43. The molecule has 1 saturated heterocycles. The van der Waals surface area contributed by atoms with Gasteiger partial charge >= 0.3 is 6.18 Å². The summed E-state index contributed by atoms with van der Waals surface area (Å²) in [6, 6.07) is 0. The van der Waals surface area contributed by atoms with E-state index in [4.69, 9.17) is 4.74 Å². The lowest BCUT2D eigenvalue weighted by molar-refractivity contribution is -0.141. The molecule has 3 rings (SSSR count). The van der Waals surface area contributed by atoms with Crippen LogP contribution in [0.1, 0.15) is 21.7 Å². The smallest absolute Gasteiger partial charge is 0.373 e. The lowest BCUT2D eigenvalue weighted by Gasteiger charge is -2.32. The van der Waals surface area contributed by atoms with Gasteiger partial charge in [-0.25, -0.2) is 4.98 Å². The van der Waals surface area contributed by atoms with E-state index in [9.17, 15) is 18.0 Å². The molecule has 2 aromatic rings. The fourth-order valence-corrected chi connectivity index (χ4v) is 2.58. The van der Waals surface area contributed by atoms with Crippen LogP contribution in [0.4, 0.5) is 13.2 Å². The number of morpholine rings is 1. The van der Waals surface area contributed by atoms with Gasteiger partial charge in [0, 0.05) is 18.7 Å². The molecule has 11 heteroatoms. The summed E-state index contributed by atoms with van der Waals surface area (Å²) in [6.07, 6.45) is -1.98. The lowest BCUT2D eigenvalue weighted by atomic mass is 10.1. The SMILES string of the molecule is Cc1c(C(=O)N2CCOC(Cn3cncn3)C2)n[nH]c1C(F)(F)F. The summed E-state index contributed by atoms with van der Waals surface area (Å²) in [5.41, 5.74) is -1.42. The van der Waals surface area contributed by atoms with Crippen molar-refractivity contribution in [2.45, 2.75) is 25.7 Å². The molecule has 24 heavy (non-hydrogen) atoms. The van der Waals surface area contributed by atoms with Gasteiger partial charge < -0.3 is 9.64 Å². The molecular formula is C13H15F3N6O2. The number of ether oxygens (including phenoxy) is 1. The molecule has 0 bridgehead atoms. The molecule has 0 aliphatic carbocycles. The van der Waals surface area contributed by atoms with Crippen LogP contribution in [0.25, 0.3) is 0 Å². The molecular weight excluding hydrogens is 329 g/mol. The van der Waals surface area contributed by atoms with Crippen molar-refractivity contribution >= 4 is 5.91 Å². The van der Waals surface area contributed by atoms with E-state index < -0.39 is 17.8 Å². The first-order valence-electron chi connectivity index (χ1n) is 7.21. The fraction of sp³-hybridized carbons (Fsp3) is 0.538. The van der Waals surface area contributed by atoms with Gasteiger partial charge in [-0.2, -0.15) is 23.4 Å². The average Bonchev–Trinajstić information content (AvgIpc) is 3.16. The normalized spacial score (nSPS) is 18.8. The average molecular weight is 344 g/mol. The minimum absolute atomic E-state index is 0.202. The number of nitrogens with one attached hydrogen (secondary N) is 1. The van der Waals surface area contributed by atoms with Crippen molar-refractivity contribution in [3.63, 3.8) is 0 Å². The predicted octanol–water partition coefficient (Wildman–Crippen LogP) is 0.870. The van der Waals surface area contributed by atoms with Gasteiger partial charge in [0.05, 0.1) is 19.3 Å². The number of H-pyrrole nitrogens is 1. The second kappa shape index (κ2) is 6.23. The Labute approximate surface area is 134 Å². The number of hydrogen-bond donors (Lipinski definition) is 1. The largest absolute Gasteiger partial charge is 0.433 e. The monoisotopic (exact) mass is 344 g/mol. The lowest BCUT2D eigenvalue weighted by Crippen LogP contribution is -2.47. The van der Waals surface area contributed by atoms with Crippen LogP contribution in [-0.4, -0.2) is 61.6 Å². The van der Waals surface area contributed by atoms with Crippen LogP contribution in [-0.2, 0) is 17.5 Å². The van der Waals surface area contributed by atoms with E-state index >= 15 is 0 Å². The second-order valence-electron chi connectivity index (χ2n) is 5.43. The van der Waals surface area contributed by atoms with Crippen molar-refractivity contribution in [3.05, 3.63) is 29.6 Å². The van der Waals surface area contributed by atoms with E-state index in [-0.39, 0.29) is 23.9 Å².